The van der Waals surface area contributed by atoms with Gasteiger partial charge in [-0.3, -0.25) is 14.5 Å². The standard InChI is InChI=1S/C21H26FN3O2/c1-4-18-20(15(3)26)14(2)23-21(18)19(27)13-24-9-11-25(12-10-24)17-7-5-16(22)6-8-17/h5-8,23H,4,9-13H2,1-3H3. The Balaban J connectivity index is 1.64. The number of rotatable bonds is 6. The summed E-state index contributed by atoms with van der Waals surface area (Å²) in [5.41, 5.74) is 3.82. The first-order valence-corrected chi connectivity index (χ1v) is 9.39. The number of halogens is 1. The highest BCUT2D eigenvalue weighted by molar-refractivity contribution is 6.04. The average Bonchev–Trinajstić information content (AvgIpc) is 3.00. The molecular weight excluding hydrogens is 345 g/mol. The Kier molecular flexibility index (Phi) is 5.75. The van der Waals surface area contributed by atoms with Crippen LogP contribution in [0.1, 0.15) is 46.0 Å². The van der Waals surface area contributed by atoms with Crippen molar-refractivity contribution in [2.75, 3.05) is 37.6 Å². The molecule has 0 unspecified atom stereocenters. The van der Waals surface area contributed by atoms with Crippen LogP contribution in [-0.2, 0) is 6.42 Å². The van der Waals surface area contributed by atoms with Gasteiger partial charge < -0.3 is 9.88 Å². The third-order valence-corrected chi connectivity index (χ3v) is 5.21. The molecule has 144 valence electrons. The molecule has 1 fully saturated rings. The molecule has 3 rings (SSSR count). The number of H-pyrrole nitrogens is 1. The summed E-state index contributed by atoms with van der Waals surface area (Å²) in [6.07, 6.45) is 0.651. The van der Waals surface area contributed by atoms with E-state index < -0.39 is 0 Å². The monoisotopic (exact) mass is 371 g/mol. The van der Waals surface area contributed by atoms with Gasteiger partial charge >= 0.3 is 0 Å². The Morgan fingerprint density at radius 1 is 1.11 bits per heavy atom. The summed E-state index contributed by atoms with van der Waals surface area (Å²) in [5.74, 6) is -0.217. The van der Waals surface area contributed by atoms with E-state index in [1.807, 2.05) is 13.8 Å². The van der Waals surface area contributed by atoms with E-state index in [1.165, 1.54) is 19.1 Å². The van der Waals surface area contributed by atoms with Crippen LogP contribution in [0.3, 0.4) is 0 Å². The SMILES string of the molecule is CCc1c(C(=O)CN2CCN(c3ccc(F)cc3)CC2)[nH]c(C)c1C(C)=O. The fourth-order valence-electron chi connectivity index (χ4n) is 3.84. The molecule has 1 N–H and O–H groups in total. The number of aromatic nitrogens is 1. The lowest BCUT2D eigenvalue weighted by molar-refractivity contribution is 0.0921. The van der Waals surface area contributed by atoms with Crippen LogP contribution in [0.15, 0.2) is 24.3 Å². The second-order valence-electron chi connectivity index (χ2n) is 7.05. The second kappa shape index (κ2) is 8.05. The number of nitrogens with one attached hydrogen (secondary N) is 1. The van der Waals surface area contributed by atoms with Gasteiger partial charge in [-0.05, 0) is 50.1 Å². The van der Waals surface area contributed by atoms with Crippen LogP contribution in [-0.4, -0.2) is 54.2 Å². The fraction of sp³-hybridized carbons (Fsp3) is 0.429. The van der Waals surface area contributed by atoms with E-state index in [0.29, 0.717) is 24.2 Å². The van der Waals surface area contributed by atoms with Crippen LogP contribution in [0.4, 0.5) is 10.1 Å². The molecule has 0 atom stereocenters. The van der Waals surface area contributed by atoms with Crippen molar-refractivity contribution < 1.29 is 14.0 Å². The zero-order chi connectivity index (χ0) is 19.6. The van der Waals surface area contributed by atoms with Gasteiger partial charge in [-0.25, -0.2) is 4.39 Å². The first kappa shape index (κ1) is 19.3. The van der Waals surface area contributed by atoms with E-state index in [4.69, 9.17) is 0 Å². The normalized spacial score (nSPS) is 15.2. The molecule has 2 aromatic rings. The lowest BCUT2D eigenvalue weighted by atomic mass is 10.0. The minimum atomic E-state index is -0.235. The highest BCUT2D eigenvalue weighted by Crippen LogP contribution is 2.22. The molecule has 0 aliphatic carbocycles. The first-order chi connectivity index (χ1) is 12.9. The predicted molar refractivity (Wildman–Crippen MR) is 104 cm³/mol. The maximum absolute atomic E-state index is 13.1. The molecular formula is C21H26FN3O2. The third-order valence-electron chi connectivity index (χ3n) is 5.21. The van der Waals surface area contributed by atoms with Crippen LogP contribution in [0.2, 0.25) is 0 Å². The number of aromatic amines is 1. The van der Waals surface area contributed by atoms with Gasteiger partial charge in [0.15, 0.2) is 11.6 Å². The van der Waals surface area contributed by atoms with Crippen molar-refractivity contribution >= 4 is 17.3 Å². The molecule has 0 saturated carbocycles. The Labute approximate surface area is 159 Å². The van der Waals surface area contributed by atoms with Crippen molar-refractivity contribution in [1.29, 1.82) is 0 Å². The Bertz CT molecular complexity index is 834. The summed E-state index contributed by atoms with van der Waals surface area (Å²) in [7, 11) is 0. The maximum atomic E-state index is 13.1. The number of hydrogen-bond donors (Lipinski definition) is 1. The van der Waals surface area contributed by atoms with E-state index in [1.54, 1.807) is 12.1 Å². The summed E-state index contributed by atoms with van der Waals surface area (Å²) in [5, 5.41) is 0. The summed E-state index contributed by atoms with van der Waals surface area (Å²) in [4.78, 5) is 32.2. The van der Waals surface area contributed by atoms with Gasteiger partial charge in [0.05, 0.1) is 12.2 Å². The fourth-order valence-corrected chi connectivity index (χ4v) is 3.84. The number of hydrogen-bond acceptors (Lipinski definition) is 4. The van der Waals surface area contributed by atoms with Crippen molar-refractivity contribution in [1.82, 2.24) is 9.88 Å². The summed E-state index contributed by atoms with van der Waals surface area (Å²) >= 11 is 0. The lowest BCUT2D eigenvalue weighted by Crippen LogP contribution is -2.48. The minimum absolute atomic E-state index is 0.00689. The lowest BCUT2D eigenvalue weighted by Gasteiger charge is -2.35. The quantitative estimate of drug-likeness (QED) is 0.792. The van der Waals surface area contributed by atoms with E-state index in [0.717, 1.165) is 43.1 Å². The average molecular weight is 371 g/mol. The van der Waals surface area contributed by atoms with E-state index in [-0.39, 0.29) is 17.4 Å². The van der Waals surface area contributed by atoms with Crippen molar-refractivity contribution in [3.63, 3.8) is 0 Å². The van der Waals surface area contributed by atoms with Gasteiger partial charge in [0.2, 0.25) is 0 Å². The number of carbonyl (C=O) groups excluding carboxylic acids is 2. The van der Waals surface area contributed by atoms with Crippen LogP contribution in [0.25, 0.3) is 0 Å². The molecule has 1 saturated heterocycles. The third kappa shape index (κ3) is 4.11. The molecule has 1 aromatic heterocycles. The second-order valence-corrected chi connectivity index (χ2v) is 7.05. The number of carbonyl (C=O) groups is 2. The number of nitrogens with zero attached hydrogens (tertiary/aromatic N) is 2. The van der Waals surface area contributed by atoms with Gasteiger partial charge in [-0.1, -0.05) is 6.92 Å². The molecule has 1 aromatic carbocycles. The largest absolute Gasteiger partial charge is 0.369 e. The van der Waals surface area contributed by atoms with E-state index in [2.05, 4.69) is 14.8 Å². The smallest absolute Gasteiger partial charge is 0.193 e. The molecule has 2 heterocycles. The zero-order valence-corrected chi connectivity index (χ0v) is 16.1. The molecule has 1 aliphatic heterocycles. The summed E-state index contributed by atoms with van der Waals surface area (Å²) in [6.45, 7) is 8.80. The number of Topliss-reactive ketones (excluding diaryl/α,β-unsaturated/α-hetero) is 2. The van der Waals surface area contributed by atoms with Crippen LogP contribution in [0, 0.1) is 12.7 Å². The number of anilines is 1. The van der Waals surface area contributed by atoms with Gasteiger partial charge in [0.25, 0.3) is 0 Å². The van der Waals surface area contributed by atoms with Gasteiger partial charge in [0.1, 0.15) is 5.82 Å². The minimum Gasteiger partial charge on any atom is -0.369 e. The summed E-state index contributed by atoms with van der Waals surface area (Å²) < 4.78 is 13.1. The van der Waals surface area contributed by atoms with Crippen LogP contribution < -0.4 is 4.90 Å². The van der Waals surface area contributed by atoms with Crippen molar-refractivity contribution in [2.45, 2.75) is 27.2 Å². The molecule has 0 spiro atoms. The van der Waals surface area contributed by atoms with Crippen LogP contribution >= 0.6 is 0 Å². The Morgan fingerprint density at radius 2 is 1.74 bits per heavy atom. The molecule has 1 aliphatic rings. The zero-order valence-electron chi connectivity index (χ0n) is 16.1. The summed E-state index contributed by atoms with van der Waals surface area (Å²) in [6, 6.07) is 6.51. The molecule has 0 bridgehead atoms. The molecule has 27 heavy (non-hydrogen) atoms. The van der Waals surface area contributed by atoms with Gasteiger partial charge in [0, 0.05) is 43.1 Å². The van der Waals surface area contributed by atoms with Gasteiger partial charge in [-0.2, -0.15) is 0 Å². The Morgan fingerprint density at radius 3 is 2.30 bits per heavy atom. The van der Waals surface area contributed by atoms with Gasteiger partial charge in [-0.15, -0.1) is 0 Å². The number of aryl methyl sites for hydroxylation is 1. The van der Waals surface area contributed by atoms with E-state index >= 15 is 0 Å². The Hall–Kier alpha value is -2.47. The topological polar surface area (TPSA) is 56.4 Å². The van der Waals surface area contributed by atoms with E-state index in [9.17, 15) is 14.0 Å². The molecule has 6 heteroatoms. The molecule has 0 radical (unpaired) electrons. The predicted octanol–water partition coefficient (Wildman–Crippen LogP) is 3.23. The number of ketones is 2. The van der Waals surface area contributed by atoms with Crippen molar-refractivity contribution in [3.8, 4) is 0 Å². The number of benzene rings is 1. The highest BCUT2D eigenvalue weighted by Gasteiger charge is 2.24. The van der Waals surface area contributed by atoms with Crippen molar-refractivity contribution in [3.05, 3.63) is 52.6 Å². The molecule has 0 amide bonds. The van der Waals surface area contributed by atoms with Crippen molar-refractivity contribution in [2.24, 2.45) is 0 Å². The molecule has 5 nitrogen and oxygen atoms in total. The number of piperazine rings is 1. The van der Waals surface area contributed by atoms with Crippen LogP contribution in [0.5, 0.6) is 0 Å². The first-order valence-electron chi connectivity index (χ1n) is 9.39. The maximum Gasteiger partial charge on any atom is 0.193 e. The highest BCUT2D eigenvalue weighted by atomic mass is 19.1.